The Morgan fingerprint density at radius 1 is 1.44 bits per heavy atom. The summed E-state index contributed by atoms with van der Waals surface area (Å²) >= 11 is 6.43. The fraction of sp³-hybridized carbons (Fsp3) is 0.200. The molecule has 0 atom stereocenters. The van der Waals surface area contributed by atoms with Crippen molar-refractivity contribution < 1.29 is 4.79 Å². The van der Waals surface area contributed by atoms with Crippen molar-refractivity contribution in [3.05, 3.63) is 32.9 Å². The van der Waals surface area contributed by atoms with Crippen LogP contribution in [0.1, 0.15) is 16.1 Å². The van der Waals surface area contributed by atoms with E-state index in [1.54, 1.807) is 24.9 Å². The van der Waals surface area contributed by atoms with Crippen LogP contribution in [0, 0.1) is 6.92 Å². The molecule has 0 spiro atoms. The molecule has 0 radical (unpaired) electrons. The average Bonchev–Trinajstić information content (AvgIpc) is 2.62. The van der Waals surface area contributed by atoms with E-state index in [1.807, 2.05) is 0 Å². The SMILES string of the molecule is Cc1nn(C)cc1C(=O)Nc1ncc(Br)nc1Br. The van der Waals surface area contributed by atoms with E-state index in [9.17, 15) is 4.79 Å². The molecule has 2 heterocycles. The summed E-state index contributed by atoms with van der Waals surface area (Å²) in [6, 6.07) is 0. The van der Waals surface area contributed by atoms with Gasteiger partial charge in [0.15, 0.2) is 5.82 Å². The van der Waals surface area contributed by atoms with Crippen molar-refractivity contribution in [2.45, 2.75) is 6.92 Å². The van der Waals surface area contributed by atoms with E-state index < -0.39 is 0 Å². The van der Waals surface area contributed by atoms with Crippen molar-refractivity contribution in [2.75, 3.05) is 5.32 Å². The molecule has 0 aliphatic carbocycles. The van der Waals surface area contributed by atoms with Crippen LogP contribution in [0.3, 0.4) is 0 Å². The van der Waals surface area contributed by atoms with Gasteiger partial charge in [-0.3, -0.25) is 9.48 Å². The van der Waals surface area contributed by atoms with E-state index in [0.29, 0.717) is 26.3 Å². The number of nitrogens with one attached hydrogen (secondary N) is 1. The maximum absolute atomic E-state index is 12.0. The molecule has 2 aromatic heterocycles. The number of rotatable bonds is 2. The third kappa shape index (κ3) is 2.75. The molecule has 0 bridgehead atoms. The van der Waals surface area contributed by atoms with Gasteiger partial charge in [0.05, 0.1) is 17.5 Å². The summed E-state index contributed by atoms with van der Waals surface area (Å²) in [7, 11) is 1.76. The quantitative estimate of drug-likeness (QED) is 0.875. The maximum Gasteiger partial charge on any atom is 0.260 e. The molecule has 1 N–H and O–H groups in total. The minimum atomic E-state index is -0.266. The third-order valence-corrected chi connectivity index (χ3v) is 3.13. The van der Waals surface area contributed by atoms with Crippen molar-refractivity contribution >= 4 is 43.6 Å². The lowest BCUT2D eigenvalue weighted by atomic mass is 10.2. The Bertz CT molecular complexity index is 610. The number of anilines is 1. The third-order valence-electron chi connectivity index (χ3n) is 2.19. The first-order valence-electron chi connectivity index (χ1n) is 4.97. The van der Waals surface area contributed by atoms with Crippen LogP contribution in [-0.2, 0) is 7.05 Å². The van der Waals surface area contributed by atoms with Crippen LogP contribution in [-0.4, -0.2) is 25.7 Å². The number of aromatic nitrogens is 4. The zero-order valence-electron chi connectivity index (χ0n) is 9.61. The first-order chi connectivity index (χ1) is 8.47. The van der Waals surface area contributed by atoms with Crippen LogP contribution in [0.25, 0.3) is 0 Å². The number of carbonyl (C=O) groups is 1. The first kappa shape index (κ1) is 13.2. The first-order valence-corrected chi connectivity index (χ1v) is 6.55. The molecule has 0 fully saturated rings. The fourth-order valence-corrected chi connectivity index (χ4v) is 2.34. The van der Waals surface area contributed by atoms with E-state index in [2.05, 4.69) is 52.2 Å². The Balaban J connectivity index is 2.24. The zero-order valence-corrected chi connectivity index (χ0v) is 12.8. The van der Waals surface area contributed by atoms with Gasteiger partial charge in [0.25, 0.3) is 5.91 Å². The van der Waals surface area contributed by atoms with Gasteiger partial charge in [-0.15, -0.1) is 0 Å². The summed E-state index contributed by atoms with van der Waals surface area (Å²) in [5, 5.41) is 6.79. The number of hydrogen-bond donors (Lipinski definition) is 1. The monoisotopic (exact) mass is 373 g/mol. The molecule has 0 saturated carbocycles. The summed E-state index contributed by atoms with van der Waals surface area (Å²) in [5.74, 6) is 0.101. The summed E-state index contributed by atoms with van der Waals surface area (Å²) in [5.41, 5.74) is 1.17. The molecule has 8 heteroatoms. The highest BCUT2D eigenvalue weighted by atomic mass is 79.9. The van der Waals surface area contributed by atoms with E-state index in [-0.39, 0.29) is 5.91 Å². The Morgan fingerprint density at radius 2 is 2.17 bits per heavy atom. The van der Waals surface area contributed by atoms with Crippen LogP contribution in [0.5, 0.6) is 0 Å². The summed E-state index contributed by atoms with van der Waals surface area (Å²) in [6.07, 6.45) is 3.17. The van der Waals surface area contributed by atoms with Gasteiger partial charge in [0, 0.05) is 13.2 Å². The summed E-state index contributed by atoms with van der Waals surface area (Å²) in [4.78, 5) is 20.2. The Morgan fingerprint density at radius 3 is 2.72 bits per heavy atom. The summed E-state index contributed by atoms with van der Waals surface area (Å²) < 4.78 is 2.64. The Hall–Kier alpha value is -1.28. The van der Waals surface area contributed by atoms with Crippen LogP contribution in [0.15, 0.2) is 21.6 Å². The van der Waals surface area contributed by atoms with Crippen LogP contribution < -0.4 is 5.32 Å². The lowest BCUT2D eigenvalue weighted by molar-refractivity contribution is 0.102. The lowest BCUT2D eigenvalue weighted by Crippen LogP contribution is -2.14. The Kier molecular flexibility index (Phi) is 3.76. The van der Waals surface area contributed by atoms with Crippen LogP contribution >= 0.6 is 31.9 Å². The predicted molar refractivity (Wildman–Crippen MR) is 73.3 cm³/mol. The highest BCUT2D eigenvalue weighted by Crippen LogP contribution is 2.20. The Labute approximate surface area is 120 Å². The van der Waals surface area contributed by atoms with Gasteiger partial charge in [0.2, 0.25) is 0 Å². The number of hydrogen-bond acceptors (Lipinski definition) is 4. The van der Waals surface area contributed by atoms with E-state index in [1.165, 1.54) is 6.20 Å². The van der Waals surface area contributed by atoms with Crippen molar-refractivity contribution in [2.24, 2.45) is 7.05 Å². The maximum atomic E-state index is 12.0. The second kappa shape index (κ2) is 5.15. The highest BCUT2D eigenvalue weighted by Gasteiger charge is 2.15. The van der Waals surface area contributed by atoms with Gasteiger partial charge in [0.1, 0.15) is 9.21 Å². The molecule has 18 heavy (non-hydrogen) atoms. The van der Waals surface area contributed by atoms with Gasteiger partial charge in [-0.2, -0.15) is 5.10 Å². The lowest BCUT2D eigenvalue weighted by Gasteiger charge is -2.04. The van der Waals surface area contributed by atoms with Crippen LogP contribution in [0.2, 0.25) is 0 Å². The minimum absolute atomic E-state index is 0.266. The smallest absolute Gasteiger partial charge is 0.260 e. The number of nitrogens with zero attached hydrogens (tertiary/aromatic N) is 4. The second-order valence-corrected chi connectivity index (χ2v) is 5.15. The van der Waals surface area contributed by atoms with Crippen molar-refractivity contribution in [3.63, 3.8) is 0 Å². The molecule has 6 nitrogen and oxygen atoms in total. The molecular formula is C10H9Br2N5O. The number of halogens is 2. The van der Waals surface area contributed by atoms with Gasteiger partial charge in [-0.1, -0.05) is 0 Å². The fourth-order valence-electron chi connectivity index (χ4n) is 1.43. The molecule has 94 valence electrons. The molecule has 2 rings (SSSR count). The van der Waals surface area contributed by atoms with Gasteiger partial charge in [-0.25, -0.2) is 9.97 Å². The standard InChI is InChI=1S/C10H9Br2N5O/c1-5-6(4-17(2)16-5)10(18)15-9-8(12)14-7(11)3-13-9/h3-4H,1-2H3,(H,13,15,18). The number of amides is 1. The van der Waals surface area contributed by atoms with E-state index in [0.717, 1.165) is 0 Å². The van der Waals surface area contributed by atoms with Crippen LogP contribution in [0.4, 0.5) is 5.82 Å². The molecule has 2 aromatic rings. The zero-order chi connectivity index (χ0) is 13.3. The molecular weight excluding hydrogens is 366 g/mol. The number of aryl methyl sites for hydroxylation is 2. The van der Waals surface area contributed by atoms with Gasteiger partial charge < -0.3 is 5.32 Å². The predicted octanol–water partition coefficient (Wildman–Crippen LogP) is 2.30. The van der Waals surface area contributed by atoms with Gasteiger partial charge >= 0.3 is 0 Å². The molecule has 0 saturated heterocycles. The van der Waals surface area contributed by atoms with Crippen molar-refractivity contribution in [3.8, 4) is 0 Å². The topological polar surface area (TPSA) is 72.7 Å². The largest absolute Gasteiger partial charge is 0.304 e. The highest BCUT2D eigenvalue weighted by molar-refractivity contribution is 9.11. The van der Waals surface area contributed by atoms with Gasteiger partial charge in [-0.05, 0) is 38.8 Å². The molecule has 1 amide bonds. The average molecular weight is 375 g/mol. The molecule has 0 aliphatic rings. The summed E-state index contributed by atoms with van der Waals surface area (Å²) in [6.45, 7) is 1.78. The molecule has 0 aromatic carbocycles. The van der Waals surface area contributed by atoms with E-state index >= 15 is 0 Å². The van der Waals surface area contributed by atoms with Crippen molar-refractivity contribution in [1.82, 2.24) is 19.7 Å². The molecule has 0 aliphatic heterocycles. The number of carbonyl (C=O) groups excluding carboxylic acids is 1. The second-order valence-electron chi connectivity index (χ2n) is 3.59. The minimum Gasteiger partial charge on any atom is -0.304 e. The van der Waals surface area contributed by atoms with Crippen molar-refractivity contribution in [1.29, 1.82) is 0 Å². The normalized spacial score (nSPS) is 10.4. The molecule has 0 unspecified atom stereocenters. The van der Waals surface area contributed by atoms with E-state index in [4.69, 9.17) is 0 Å².